The van der Waals surface area contributed by atoms with E-state index in [9.17, 15) is 10.2 Å². The predicted octanol–water partition coefficient (Wildman–Crippen LogP) is 10.7. The standard InChI is InChI=1S/C25H34N2O2.C21H29BrO2.C4H7BN2O2/c1-6-7-8-9-17-15-21-23(24(28)22(17)20-12-13-26-27(20)5)18-14-16(2)10-11-19(18)25(3,4)29-21;1-5-6-7-8-14-12-17-18(20(23)19(14)22)15-11-13(2)9-10-16(15)21(3,4)24-17;1-7-4(5(8)9)2-3-6-7/h12-15,18-19,28H,6-11H2,1-5H3;11-12,15-16,23H,5-10H2,1-4H3;2-3,8-9H,1H3/t18-,19-;15-,16-;/m11./s1. The van der Waals surface area contributed by atoms with Crippen LogP contribution >= 0.6 is 15.9 Å². The molecule has 12 heteroatoms. The van der Waals surface area contributed by atoms with Crippen molar-refractivity contribution in [3.05, 3.63) is 86.7 Å². The van der Waals surface area contributed by atoms with Gasteiger partial charge < -0.3 is 29.7 Å². The summed E-state index contributed by atoms with van der Waals surface area (Å²) in [7, 11) is 2.17. The third kappa shape index (κ3) is 10.0. The number of hydrogen-bond acceptors (Lipinski definition) is 8. The van der Waals surface area contributed by atoms with E-state index >= 15 is 0 Å². The van der Waals surface area contributed by atoms with Gasteiger partial charge >= 0.3 is 7.12 Å². The van der Waals surface area contributed by atoms with Gasteiger partial charge in [-0.3, -0.25) is 9.36 Å². The number of benzene rings is 2. The van der Waals surface area contributed by atoms with Gasteiger partial charge in [-0.05, 0) is 144 Å². The summed E-state index contributed by atoms with van der Waals surface area (Å²) in [6.07, 6.45) is 21.4. The van der Waals surface area contributed by atoms with E-state index in [0.717, 1.165) is 101 Å². The number of rotatable bonds is 10. The second-order valence-corrected chi connectivity index (χ2v) is 19.9. The van der Waals surface area contributed by atoms with Crippen molar-refractivity contribution in [3.8, 4) is 34.3 Å². The van der Waals surface area contributed by atoms with E-state index in [4.69, 9.17) is 19.5 Å². The maximum Gasteiger partial charge on any atom is 0.507 e. The predicted molar refractivity (Wildman–Crippen MR) is 253 cm³/mol. The van der Waals surface area contributed by atoms with Crippen molar-refractivity contribution in [1.29, 1.82) is 0 Å². The molecule has 0 amide bonds. The molecule has 2 aliphatic carbocycles. The molecule has 62 heavy (non-hydrogen) atoms. The molecule has 4 aromatic rings. The molecule has 10 nitrogen and oxygen atoms in total. The number of ether oxygens (including phenoxy) is 2. The second-order valence-electron chi connectivity index (χ2n) is 19.1. The van der Waals surface area contributed by atoms with Gasteiger partial charge in [0.2, 0.25) is 0 Å². The van der Waals surface area contributed by atoms with Crippen molar-refractivity contribution >= 4 is 28.6 Å². The minimum absolute atomic E-state index is 0.194. The Morgan fingerprint density at radius 2 is 1.21 bits per heavy atom. The van der Waals surface area contributed by atoms with E-state index in [1.165, 1.54) is 47.7 Å². The number of phenols is 2. The zero-order chi connectivity index (χ0) is 45.1. The first-order chi connectivity index (χ1) is 29.4. The largest absolute Gasteiger partial charge is 0.507 e. The zero-order valence-corrected chi connectivity index (χ0v) is 40.3. The Kier molecular flexibility index (Phi) is 15.2. The van der Waals surface area contributed by atoms with Crippen molar-refractivity contribution in [3.63, 3.8) is 0 Å². The average molecular weight is 914 g/mol. The molecule has 0 radical (unpaired) electrons. The Hall–Kier alpha value is -4.00. The van der Waals surface area contributed by atoms with Crippen molar-refractivity contribution < 1.29 is 29.7 Å². The van der Waals surface area contributed by atoms with Crippen LogP contribution in [0, 0.1) is 11.8 Å². The normalized spacial score (nSPS) is 21.4. The molecule has 0 fully saturated rings. The molecule has 0 bridgehead atoms. The zero-order valence-electron chi connectivity index (χ0n) is 38.8. The minimum atomic E-state index is -1.42. The number of aromatic hydroxyl groups is 2. The highest BCUT2D eigenvalue weighted by Gasteiger charge is 2.47. The lowest BCUT2D eigenvalue weighted by Gasteiger charge is -2.46. The summed E-state index contributed by atoms with van der Waals surface area (Å²) in [5.74, 6) is 3.73. The number of fused-ring (bicyclic) bond motifs is 6. The Labute approximate surface area is 378 Å². The fourth-order valence-corrected chi connectivity index (χ4v) is 10.8. The van der Waals surface area contributed by atoms with Gasteiger partial charge in [0.25, 0.3) is 0 Å². The van der Waals surface area contributed by atoms with E-state index in [2.05, 4.69) is 106 Å². The van der Waals surface area contributed by atoms with Crippen molar-refractivity contribution in [2.75, 3.05) is 0 Å². The Morgan fingerprint density at radius 3 is 1.66 bits per heavy atom. The van der Waals surface area contributed by atoms with Crippen LogP contribution in [-0.2, 0) is 26.9 Å². The number of aryl methyl sites for hydroxylation is 4. The molecular formula is C50H70BBrN4O6. The van der Waals surface area contributed by atoms with E-state index in [1.54, 1.807) is 19.3 Å². The van der Waals surface area contributed by atoms with Crippen LogP contribution < -0.4 is 15.1 Å². The number of unbranched alkanes of at least 4 members (excludes halogenated alkanes) is 4. The summed E-state index contributed by atoms with van der Waals surface area (Å²) in [5.41, 5.74) is 8.93. The van der Waals surface area contributed by atoms with Crippen LogP contribution in [0.25, 0.3) is 11.3 Å². The van der Waals surface area contributed by atoms with Crippen LogP contribution in [0.5, 0.6) is 23.0 Å². The topological polar surface area (TPSA) is 135 Å². The number of allylic oxidation sites excluding steroid dienone is 4. The first-order valence-electron chi connectivity index (χ1n) is 22.9. The van der Waals surface area contributed by atoms with Gasteiger partial charge in [0.1, 0.15) is 34.2 Å². The van der Waals surface area contributed by atoms with E-state index in [1.807, 2.05) is 17.8 Å². The smallest absolute Gasteiger partial charge is 0.507 e. The van der Waals surface area contributed by atoms with Crippen LogP contribution in [-0.4, -0.2) is 58.1 Å². The highest BCUT2D eigenvalue weighted by Crippen LogP contribution is 2.57. The fraction of sp³-hybridized carbons (Fsp3) is 0.560. The summed E-state index contributed by atoms with van der Waals surface area (Å²) in [4.78, 5) is 0. The molecule has 8 rings (SSSR count). The lowest BCUT2D eigenvalue weighted by molar-refractivity contribution is 0.0103. The van der Waals surface area contributed by atoms with Gasteiger partial charge in [0, 0.05) is 66.9 Å². The van der Waals surface area contributed by atoms with E-state index in [0.29, 0.717) is 28.9 Å². The molecule has 0 unspecified atom stereocenters. The molecule has 0 saturated heterocycles. The second kappa shape index (κ2) is 19.8. The summed E-state index contributed by atoms with van der Waals surface area (Å²) in [6, 6.07) is 7.90. The third-order valence-corrected chi connectivity index (χ3v) is 14.6. The Bertz CT molecular complexity index is 2260. The van der Waals surface area contributed by atoms with Crippen molar-refractivity contribution in [2.24, 2.45) is 25.9 Å². The molecular weight excluding hydrogens is 843 g/mol. The molecule has 2 aromatic carbocycles. The highest BCUT2D eigenvalue weighted by atomic mass is 79.9. The quantitative estimate of drug-likeness (QED) is 0.0702. The highest BCUT2D eigenvalue weighted by molar-refractivity contribution is 9.10. The van der Waals surface area contributed by atoms with Gasteiger partial charge in [-0.2, -0.15) is 10.2 Å². The monoisotopic (exact) mass is 912 g/mol. The maximum absolute atomic E-state index is 11.6. The number of halogens is 1. The molecule has 4 N–H and O–H groups in total. The Morgan fingerprint density at radius 1 is 0.726 bits per heavy atom. The summed E-state index contributed by atoms with van der Waals surface area (Å²) in [6.45, 7) is 17.6. The van der Waals surface area contributed by atoms with Crippen molar-refractivity contribution in [1.82, 2.24) is 19.6 Å². The van der Waals surface area contributed by atoms with Crippen molar-refractivity contribution in [2.45, 2.75) is 155 Å². The number of aromatic nitrogens is 4. The molecule has 0 saturated carbocycles. The number of nitrogens with zero attached hydrogens (tertiary/aromatic N) is 4. The third-order valence-electron chi connectivity index (χ3n) is 13.7. The molecule has 336 valence electrons. The van der Waals surface area contributed by atoms with Gasteiger partial charge in [-0.25, -0.2) is 0 Å². The summed E-state index contributed by atoms with van der Waals surface area (Å²) in [5, 5.41) is 47.8. The van der Waals surface area contributed by atoms with Gasteiger partial charge in [0.05, 0.1) is 15.8 Å². The van der Waals surface area contributed by atoms with Gasteiger partial charge in [0.15, 0.2) is 0 Å². The van der Waals surface area contributed by atoms with Gasteiger partial charge in [-0.1, -0.05) is 62.8 Å². The van der Waals surface area contributed by atoms with Crippen LogP contribution in [0.4, 0.5) is 0 Å². The molecule has 4 atom stereocenters. The fourth-order valence-electron chi connectivity index (χ4n) is 10.2. The molecule has 4 heterocycles. The van der Waals surface area contributed by atoms with E-state index in [-0.39, 0.29) is 23.0 Å². The van der Waals surface area contributed by atoms with Crippen LogP contribution in [0.3, 0.4) is 0 Å². The summed E-state index contributed by atoms with van der Waals surface area (Å²) >= 11 is 3.65. The molecule has 2 aliphatic heterocycles. The van der Waals surface area contributed by atoms with Gasteiger partial charge in [-0.15, -0.1) is 0 Å². The lowest BCUT2D eigenvalue weighted by atomic mass is 9.67. The molecule has 0 spiro atoms. The first kappa shape index (κ1) is 47.5. The minimum Gasteiger partial charge on any atom is -0.507 e. The van der Waals surface area contributed by atoms with Crippen LogP contribution in [0.15, 0.2) is 64.4 Å². The number of hydrogen-bond donors (Lipinski definition) is 4. The Balaban J connectivity index is 0.000000175. The molecule has 2 aromatic heterocycles. The SMILES string of the molecule is CCCCCc1cc2c(c(O)c1-c1ccnn1C)[C@@H]1C=C(C)CC[C@H]1C(C)(C)O2.CCCCCc1cc2c(c(O)c1Br)[C@@H]1C=C(C)CC[C@H]1C(C)(C)O2.Cn1nccc1B(O)O. The average Bonchev–Trinajstić information content (AvgIpc) is 3.84. The van der Waals surface area contributed by atoms with Crippen LogP contribution in [0.1, 0.15) is 154 Å². The number of phenolic OH excluding ortho intramolecular Hbond substituents is 2. The first-order valence-corrected chi connectivity index (χ1v) is 23.7. The summed E-state index contributed by atoms with van der Waals surface area (Å²) < 4.78 is 17.1. The maximum atomic E-state index is 11.6. The lowest BCUT2D eigenvalue weighted by Crippen LogP contribution is -2.45. The van der Waals surface area contributed by atoms with Crippen LogP contribution in [0.2, 0.25) is 0 Å². The molecule has 4 aliphatic rings. The van der Waals surface area contributed by atoms with E-state index < -0.39 is 7.12 Å².